The van der Waals surface area contributed by atoms with Crippen LogP contribution >= 0.6 is 0 Å². The molecule has 5 rings (SSSR count). The van der Waals surface area contributed by atoms with Gasteiger partial charge in [0.15, 0.2) is 5.82 Å². The topological polar surface area (TPSA) is 73.9 Å². The van der Waals surface area contributed by atoms with E-state index in [0.717, 1.165) is 17.4 Å². The molecule has 0 spiro atoms. The summed E-state index contributed by atoms with van der Waals surface area (Å²) in [6.07, 6.45) is 3.15. The van der Waals surface area contributed by atoms with Crippen LogP contribution in [0.3, 0.4) is 0 Å². The zero-order valence-electron chi connectivity index (χ0n) is 19.9. The summed E-state index contributed by atoms with van der Waals surface area (Å²) in [5.74, 6) is 1.18. The van der Waals surface area contributed by atoms with E-state index in [1.807, 2.05) is 36.7 Å². The van der Waals surface area contributed by atoms with Crippen LogP contribution < -0.4 is 9.64 Å². The molecule has 3 aromatic heterocycles. The molecule has 1 aliphatic heterocycles. The molecule has 1 atom stereocenters. The molecule has 8 nitrogen and oxygen atoms in total. The standard InChI is InChI=1S/C25H24F3N7O/c1-16-14-33(15-29-16)21-10-8-18(30-23(21)36-3)9-11-22-31-24-34(32-22)13-12-17(2)35(24)20-7-5-4-6-19(20)25(26,27)28/h4-11,14-15,17H,12-13H2,1-3H3/b11-9+/t17-/m0/s1. The number of imidazole rings is 1. The SMILES string of the molecule is COc1nc(/C=C/c2nc3n(n2)CC[C@H](C)N3c2ccccc2C(F)(F)F)ccc1-n1cnc(C)c1. The van der Waals surface area contributed by atoms with Crippen molar-refractivity contribution in [3.05, 3.63) is 71.7 Å². The minimum Gasteiger partial charge on any atom is -0.479 e. The van der Waals surface area contributed by atoms with E-state index in [1.54, 1.807) is 41.2 Å². The largest absolute Gasteiger partial charge is 0.479 e. The molecule has 0 bridgehead atoms. The van der Waals surface area contributed by atoms with E-state index in [2.05, 4.69) is 20.1 Å². The van der Waals surface area contributed by atoms with Gasteiger partial charge >= 0.3 is 6.18 Å². The van der Waals surface area contributed by atoms with Crippen LogP contribution in [0.4, 0.5) is 24.8 Å². The number of ether oxygens (including phenoxy) is 1. The molecule has 0 saturated carbocycles. The third-order valence-electron chi connectivity index (χ3n) is 6.00. The molecular formula is C25H24F3N7O. The molecule has 0 fully saturated rings. The highest BCUT2D eigenvalue weighted by molar-refractivity contribution is 5.68. The number of benzene rings is 1. The molecule has 0 unspecified atom stereocenters. The van der Waals surface area contributed by atoms with Gasteiger partial charge in [-0.3, -0.25) is 0 Å². The highest BCUT2D eigenvalue weighted by Gasteiger charge is 2.38. The third-order valence-corrected chi connectivity index (χ3v) is 6.00. The fourth-order valence-corrected chi connectivity index (χ4v) is 4.25. The average Bonchev–Trinajstić information content (AvgIpc) is 3.48. The molecule has 4 heterocycles. The third kappa shape index (κ3) is 4.43. The van der Waals surface area contributed by atoms with Crippen molar-refractivity contribution in [2.24, 2.45) is 0 Å². The van der Waals surface area contributed by atoms with Crippen molar-refractivity contribution in [3.8, 4) is 11.6 Å². The number of alkyl halides is 3. The van der Waals surface area contributed by atoms with Crippen LogP contribution in [0.1, 0.15) is 36.1 Å². The summed E-state index contributed by atoms with van der Waals surface area (Å²) in [6.45, 7) is 4.35. The number of hydrogen-bond donors (Lipinski definition) is 0. The van der Waals surface area contributed by atoms with E-state index in [-0.39, 0.29) is 11.7 Å². The lowest BCUT2D eigenvalue weighted by atomic mass is 10.1. The van der Waals surface area contributed by atoms with Gasteiger partial charge in [-0.15, -0.1) is 5.10 Å². The Morgan fingerprint density at radius 1 is 1.06 bits per heavy atom. The highest BCUT2D eigenvalue weighted by Crippen LogP contribution is 2.41. The molecule has 186 valence electrons. The number of anilines is 2. The lowest BCUT2D eigenvalue weighted by molar-refractivity contribution is -0.137. The molecule has 36 heavy (non-hydrogen) atoms. The maximum atomic E-state index is 13.7. The number of methoxy groups -OCH3 is 1. The lowest BCUT2D eigenvalue weighted by Gasteiger charge is -2.35. The predicted octanol–water partition coefficient (Wildman–Crippen LogP) is 5.30. The average molecular weight is 496 g/mol. The monoisotopic (exact) mass is 495 g/mol. The normalized spacial score (nSPS) is 15.9. The Hall–Kier alpha value is -4.15. The van der Waals surface area contributed by atoms with E-state index in [9.17, 15) is 13.2 Å². The molecule has 1 aliphatic rings. The van der Waals surface area contributed by atoms with Gasteiger partial charge in [0, 0.05) is 18.8 Å². The summed E-state index contributed by atoms with van der Waals surface area (Å²) in [7, 11) is 1.54. The van der Waals surface area contributed by atoms with Crippen LogP contribution in [0.25, 0.3) is 17.8 Å². The molecule has 11 heteroatoms. The second-order valence-corrected chi connectivity index (χ2v) is 8.54. The fourth-order valence-electron chi connectivity index (χ4n) is 4.25. The summed E-state index contributed by atoms with van der Waals surface area (Å²) in [5, 5.41) is 4.50. The summed E-state index contributed by atoms with van der Waals surface area (Å²) in [4.78, 5) is 14.9. The van der Waals surface area contributed by atoms with Crippen LogP contribution in [0.5, 0.6) is 5.88 Å². The Morgan fingerprint density at radius 2 is 1.86 bits per heavy atom. The zero-order valence-corrected chi connectivity index (χ0v) is 19.9. The Balaban J connectivity index is 1.46. The van der Waals surface area contributed by atoms with Gasteiger partial charge in [-0.25, -0.2) is 14.6 Å². The Bertz CT molecular complexity index is 1420. The first-order valence-corrected chi connectivity index (χ1v) is 11.4. The number of para-hydroxylation sites is 1. The molecule has 1 aromatic carbocycles. The van der Waals surface area contributed by atoms with E-state index in [0.29, 0.717) is 36.3 Å². The van der Waals surface area contributed by atoms with Crippen molar-refractivity contribution in [2.45, 2.75) is 39.0 Å². The van der Waals surface area contributed by atoms with Crippen LogP contribution in [0, 0.1) is 6.92 Å². The number of nitrogens with zero attached hydrogens (tertiary/aromatic N) is 7. The molecule has 0 amide bonds. The maximum absolute atomic E-state index is 13.7. The number of rotatable bonds is 5. The lowest BCUT2D eigenvalue weighted by Crippen LogP contribution is -2.37. The van der Waals surface area contributed by atoms with Crippen LogP contribution in [0.2, 0.25) is 0 Å². The van der Waals surface area contributed by atoms with Crippen LogP contribution in [-0.2, 0) is 12.7 Å². The summed E-state index contributed by atoms with van der Waals surface area (Å²) >= 11 is 0. The summed E-state index contributed by atoms with van der Waals surface area (Å²) in [5.41, 5.74) is 1.61. The van der Waals surface area contributed by atoms with Crippen molar-refractivity contribution in [1.82, 2.24) is 29.3 Å². The van der Waals surface area contributed by atoms with Gasteiger partial charge in [0.1, 0.15) is 5.69 Å². The summed E-state index contributed by atoms with van der Waals surface area (Å²) in [6, 6.07) is 9.07. The van der Waals surface area contributed by atoms with Gasteiger partial charge < -0.3 is 14.2 Å². The van der Waals surface area contributed by atoms with Crippen molar-refractivity contribution >= 4 is 23.8 Å². The first-order chi connectivity index (χ1) is 17.2. The molecule has 0 saturated heterocycles. The zero-order chi connectivity index (χ0) is 25.4. The number of halogens is 3. The minimum absolute atomic E-state index is 0.0677. The van der Waals surface area contributed by atoms with Crippen molar-refractivity contribution in [2.75, 3.05) is 12.0 Å². The number of pyridine rings is 1. The van der Waals surface area contributed by atoms with Crippen LogP contribution in [0.15, 0.2) is 48.9 Å². The highest BCUT2D eigenvalue weighted by atomic mass is 19.4. The van der Waals surface area contributed by atoms with Crippen LogP contribution in [-0.4, -0.2) is 42.5 Å². The van der Waals surface area contributed by atoms with Gasteiger partial charge in [0.25, 0.3) is 0 Å². The number of fused-ring (bicyclic) bond motifs is 1. The Kier molecular flexibility index (Phi) is 5.99. The molecule has 0 aliphatic carbocycles. The second-order valence-electron chi connectivity index (χ2n) is 8.54. The number of hydrogen-bond acceptors (Lipinski definition) is 6. The Labute approximate surface area is 205 Å². The smallest absolute Gasteiger partial charge is 0.418 e. The number of aryl methyl sites for hydroxylation is 2. The van der Waals surface area contributed by atoms with Crippen molar-refractivity contribution in [3.63, 3.8) is 0 Å². The Morgan fingerprint density at radius 3 is 2.58 bits per heavy atom. The minimum atomic E-state index is -4.48. The van der Waals surface area contributed by atoms with E-state index in [1.165, 1.54) is 12.1 Å². The van der Waals surface area contributed by atoms with Gasteiger partial charge in [-0.2, -0.15) is 18.2 Å². The van der Waals surface area contributed by atoms with Gasteiger partial charge in [0.2, 0.25) is 11.8 Å². The second kappa shape index (κ2) is 9.14. The maximum Gasteiger partial charge on any atom is 0.418 e. The number of aromatic nitrogens is 6. The summed E-state index contributed by atoms with van der Waals surface area (Å²) < 4.78 is 50.1. The molecule has 0 radical (unpaired) electrons. The molecule has 0 N–H and O–H groups in total. The molecular weight excluding hydrogens is 471 g/mol. The van der Waals surface area contributed by atoms with Crippen molar-refractivity contribution < 1.29 is 17.9 Å². The van der Waals surface area contributed by atoms with Gasteiger partial charge in [-0.05, 0) is 56.7 Å². The molecule has 4 aromatic rings. The van der Waals surface area contributed by atoms with Gasteiger partial charge in [0.05, 0.1) is 36.1 Å². The quantitative estimate of drug-likeness (QED) is 0.374. The van der Waals surface area contributed by atoms with Gasteiger partial charge in [-0.1, -0.05) is 12.1 Å². The fraction of sp³-hybridized carbons (Fsp3) is 0.280. The first-order valence-electron chi connectivity index (χ1n) is 11.4. The first kappa shape index (κ1) is 23.6. The van der Waals surface area contributed by atoms with E-state index >= 15 is 0 Å². The van der Waals surface area contributed by atoms with E-state index in [4.69, 9.17) is 4.74 Å². The van der Waals surface area contributed by atoms with E-state index < -0.39 is 11.7 Å². The van der Waals surface area contributed by atoms with Crippen molar-refractivity contribution in [1.29, 1.82) is 0 Å². The predicted molar refractivity (Wildman–Crippen MR) is 129 cm³/mol.